The molecule has 0 aromatic heterocycles. The number of aliphatic imine (C=N–C) groups is 1. The Morgan fingerprint density at radius 1 is 1.00 bits per heavy atom. The minimum absolute atomic E-state index is 0.185. The zero-order valence-corrected chi connectivity index (χ0v) is 15.1. The molecule has 0 heterocycles. The summed E-state index contributed by atoms with van der Waals surface area (Å²) in [4.78, 5) is 15.4. The van der Waals surface area contributed by atoms with Crippen LogP contribution in [0.2, 0.25) is 0 Å². The molecule has 0 aliphatic carbocycles. The normalized spacial score (nSPS) is 12.9. The Kier molecular flexibility index (Phi) is 10.5. The smallest absolute Gasteiger partial charge is 0.390 e. The number of halogens is 3. The molecular weight excluding hydrogens is 323 g/mol. The van der Waals surface area contributed by atoms with Gasteiger partial charge in [-0.1, -0.05) is 12.8 Å². The molecule has 0 amide bonds. The average Bonchev–Trinajstić information content (AvgIpc) is 2.41. The summed E-state index contributed by atoms with van der Waals surface area (Å²) in [6, 6.07) is 0. The molecule has 0 radical (unpaired) electrons. The van der Waals surface area contributed by atoms with E-state index in [1.54, 1.807) is 0 Å². The van der Waals surface area contributed by atoms with E-state index in [0.29, 0.717) is 18.9 Å². The highest BCUT2D eigenvalue weighted by molar-refractivity contribution is 5.79. The maximum absolute atomic E-state index is 12.0. The molecule has 2 N–H and O–H groups in total. The monoisotopic (exact) mass is 353 g/mol. The predicted molar refractivity (Wildman–Crippen MR) is 89.0 cm³/mol. The summed E-state index contributed by atoms with van der Waals surface area (Å²) >= 11 is 0. The van der Waals surface area contributed by atoms with Crippen molar-refractivity contribution < 1.29 is 22.7 Å². The van der Waals surface area contributed by atoms with Crippen molar-refractivity contribution in [2.75, 3.05) is 20.1 Å². The number of ether oxygens (including phenoxy) is 1. The Labute approximate surface area is 142 Å². The lowest BCUT2D eigenvalue weighted by Gasteiger charge is -2.19. The molecule has 0 unspecified atom stereocenters. The van der Waals surface area contributed by atoms with Crippen molar-refractivity contribution in [1.29, 1.82) is 0 Å². The summed E-state index contributed by atoms with van der Waals surface area (Å²) in [7, 11) is 1.52. The zero-order valence-electron chi connectivity index (χ0n) is 15.1. The van der Waals surface area contributed by atoms with Crippen molar-refractivity contribution >= 4 is 11.9 Å². The van der Waals surface area contributed by atoms with Crippen molar-refractivity contribution in [1.82, 2.24) is 10.6 Å². The number of guanidine groups is 1. The van der Waals surface area contributed by atoms with E-state index in [2.05, 4.69) is 15.6 Å². The lowest BCUT2D eigenvalue weighted by molar-refractivity contribution is -0.154. The van der Waals surface area contributed by atoms with Crippen molar-refractivity contribution in [3.05, 3.63) is 0 Å². The van der Waals surface area contributed by atoms with E-state index in [1.165, 1.54) is 7.05 Å². The van der Waals surface area contributed by atoms with Crippen LogP contribution >= 0.6 is 0 Å². The summed E-state index contributed by atoms with van der Waals surface area (Å²) in [5.41, 5.74) is -0.448. The Hall–Kier alpha value is -1.47. The highest BCUT2D eigenvalue weighted by Crippen LogP contribution is 2.18. The van der Waals surface area contributed by atoms with Crippen molar-refractivity contribution in [3.8, 4) is 0 Å². The number of hydrogen-bond acceptors (Lipinski definition) is 3. The van der Waals surface area contributed by atoms with E-state index in [9.17, 15) is 18.0 Å². The molecule has 24 heavy (non-hydrogen) atoms. The minimum atomic E-state index is -4.17. The van der Waals surface area contributed by atoms with Crippen LogP contribution in [0.4, 0.5) is 13.2 Å². The van der Waals surface area contributed by atoms with Gasteiger partial charge < -0.3 is 15.4 Å². The number of nitrogens with zero attached hydrogens (tertiary/aromatic N) is 1. The van der Waals surface area contributed by atoms with Gasteiger partial charge in [0.1, 0.15) is 5.60 Å². The SMILES string of the molecule is CN=C(NCCCCCCC(=O)OC(C)(C)C)NCCC(F)(F)F. The van der Waals surface area contributed by atoms with Crippen LogP contribution in [0.1, 0.15) is 59.3 Å². The van der Waals surface area contributed by atoms with E-state index >= 15 is 0 Å². The Morgan fingerprint density at radius 3 is 2.12 bits per heavy atom. The highest BCUT2D eigenvalue weighted by Gasteiger charge is 2.26. The fourth-order valence-electron chi connectivity index (χ4n) is 1.89. The third-order valence-corrected chi connectivity index (χ3v) is 2.94. The van der Waals surface area contributed by atoms with E-state index in [0.717, 1.165) is 25.7 Å². The van der Waals surface area contributed by atoms with Gasteiger partial charge in [0, 0.05) is 26.6 Å². The third-order valence-electron chi connectivity index (χ3n) is 2.94. The lowest BCUT2D eigenvalue weighted by Crippen LogP contribution is -2.39. The van der Waals surface area contributed by atoms with Gasteiger partial charge in [0.05, 0.1) is 6.42 Å². The number of rotatable bonds is 9. The molecule has 0 aliphatic heterocycles. The van der Waals surface area contributed by atoms with Crippen LogP contribution in [0.25, 0.3) is 0 Å². The van der Waals surface area contributed by atoms with Gasteiger partial charge in [-0.25, -0.2) is 0 Å². The van der Waals surface area contributed by atoms with E-state index in [1.807, 2.05) is 20.8 Å². The first-order valence-electron chi connectivity index (χ1n) is 8.26. The third kappa shape index (κ3) is 15.4. The Balaban J connectivity index is 3.62. The van der Waals surface area contributed by atoms with Crippen LogP contribution in [0, 0.1) is 0 Å². The van der Waals surface area contributed by atoms with Gasteiger partial charge in [-0.05, 0) is 33.6 Å². The molecule has 0 saturated carbocycles. The van der Waals surface area contributed by atoms with Gasteiger partial charge in [0.25, 0.3) is 0 Å². The molecule has 142 valence electrons. The molecule has 5 nitrogen and oxygen atoms in total. The zero-order chi connectivity index (χ0) is 18.6. The molecule has 0 aliphatic rings. The number of esters is 1. The fraction of sp³-hybridized carbons (Fsp3) is 0.875. The summed E-state index contributed by atoms with van der Waals surface area (Å²) < 4.78 is 41.4. The van der Waals surface area contributed by atoms with Crippen LogP contribution < -0.4 is 10.6 Å². The average molecular weight is 353 g/mol. The summed E-state index contributed by atoms with van der Waals surface area (Å²) in [6.07, 6.45) is -1.19. The lowest BCUT2D eigenvalue weighted by atomic mass is 10.1. The standard InChI is InChI=1S/C16H30F3N3O2/c1-15(2,3)24-13(23)9-7-5-6-8-11-21-14(20-4)22-12-10-16(17,18)19/h5-12H2,1-4H3,(H2,20,21,22). The van der Waals surface area contributed by atoms with Gasteiger partial charge in [-0.15, -0.1) is 0 Å². The molecule has 0 saturated heterocycles. The molecule has 0 bridgehead atoms. The van der Waals surface area contributed by atoms with Gasteiger partial charge in [0.2, 0.25) is 0 Å². The largest absolute Gasteiger partial charge is 0.460 e. The van der Waals surface area contributed by atoms with E-state index in [4.69, 9.17) is 4.74 Å². The molecule has 0 aromatic rings. The minimum Gasteiger partial charge on any atom is -0.460 e. The second-order valence-corrected chi connectivity index (χ2v) is 6.54. The summed E-state index contributed by atoms with van der Waals surface area (Å²) in [6.45, 7) is 5.95. The van der Waals surface area contributed by atoms with Gasteiger partial charge in [-0.3, -0.25) is 9.79 Å². The van der Waals surface area contributed by atoms with Gasteiger partial charge in [-0.2, -0.15) is 13.2 Å². The van der Waals surface area contributed by atoms with E-state index in [-0.39, 0.29) is 12.5 Å². The van der Waals surface area contributed by atoms with Crippen LogP contribution in [-0.4, -0.2) is 43.8 Å². The first kappa shape index (κ1) is 22.5. The molecular formula is C16H30F3N3O2. The Bertz CT molecular complexity index is 391. The maximum atomic E-state index is 12.0. The topological polar surface area (TPSA) is 62.7 Å². The van der Waals surface area contributed by atoms with Crippen molar-refractivity contribution in [2.45, 2.75) is 71.1 Å². The van der Waals surface area contributed by atoms with E-state index < -0.39 is 18.2 Å². The molecule has 0 aromatic carbocycles. The second-order valence-electron chi connectivity index (χ2n) is 6.54. The number of alkyl halides is 3. The molecule has 8 heteroatoms. The molecule has 0 rings (SSSR count). The highest BCUT2D eigenvalue weighted by atomic mass is 19.4. The second kappa shape index (κ2) is 11.1. The van der Waals surface area contributed by atoms with Gasteiger partial charge >= 0.3 is 12.1 Å². The fourth-order valence-corrected chi connectivity index (χ4v) is 1.89. The maximum Gasteiger partial charge on any atom is 0.390 e. The van der Waals surface area contributed by atoms with Gasteiger partial charge in [0.15, 0.2) is 5.96 Å². The van der Waals surface area contributed by atoms with Crippen LogP contribution in [0.5, 0.6) is 0 Å². The number of unbranched alkanes of at least 4 members (excludes halogenated alkanes) is 3. The van der Waals surface area contributed by atoms with Crippen LogP contribution in [-0.2, 0) is 9.53 Å². The number of nitrogens with one attached hydrogen (secondary N) is 2. The molecule has 0 fully saturated rings. The number of carbonyl (C=O) groups excluding carboxylic acids is 1. The Morgan fingerprint density at radius 2 is 1.58 bits per heavy atom. The van der Waals surface area contributed by atoms with Crippen LogP contribution in [0.15, 0.2) is 4.99 Å². The quantitative estimate of drug-likeness (QED) is 0.289. The number of hydrogen-bond donors (Lipinski definition) is 2. The summed E-state index contributed by atoms with van der Waals surface area (Å²) in [5.74, 6) is 0.183. The molecule has 0 atom stereocenters. The summed E-state index contributed by atoms with van der Waals surface area (Å²) in [5, 5.41) is 5.59. The van der Waals surface area contributed by atoms with Crippen molar-refractivity contribution in [3.63, 3.8) is 0 Å². The predicted octanol–water partition coefficient (Wildman–Crippen LogP) is 3.40. The number of carbonyl (C=O) groups is 1. The van der Waals surface area contributed by atoms with Crippen molar-refractivity contribution in [2.24, 2.45) is 4.99 Å². The van der Waals surface area contributed by atoms with Crippen LogP contribution in [0.3, 0.4) is 0 Å². The first-order chi connectivity index (χ1) is 11.0. The molecule has 0 spiro atoms. The first-order valence-corrected chi connectivity index (χ1v) is 8.26.